The second-order valence-electron chi connectivity index (χ2n) is 6.64. The van der Waals surface area contributed by atoms with Gasteiger partial charge in [-0.1, -0.05) is 0 Å². The van der Waals surface area contributed by atoms with Crippen molar-refractivity contribution in [1.29, 1.82) is 0 Å². The minimum Gasteiger partial charge on any atom is -0.494 e. The van der Waals surface area contributed by atoms with Crippen LogP contribution in [0.25, 0.3) is 0 Å². The molecule has 7 heteroatoms. The smallest absolute Gasteiger partial charge is 0.224 e. The van der Waals surface area contributed by atoms with Gasteiger partial charge in [0.1, 0.15) is 5.75 Å². The van der Waals surface area contributed by atoms with E-state index in [2.05, 4.69) is 5.32 Å². The van der Waals surface area contributed by atoms with Crippen molar-refractivity contribution in [3.63, 3.8) is 0 Å². The van der Waals surface area contributed by atoms with E-state index in [-0.39, 0.29) is 10.8 Å². The van der Waals surface area contributed by atoms with Gasteiger partial charge in [0.2, 0.25) is 5.91 Å². The molecule has 0 unspecified atom stereocenters. The van der Waals surface area contributed by atoms with Crippen molar-refractivity contribution < 1.29 is 17.9 Å². The molecule has 27 heavy (non-hydrogen) atoms. The lowest BCUT2D eigenvalue weighted by atomic mass is 10.1. The van der Waals surface area contributed by atoms with Crippen LogP contribution < -0.4 is 15.0 Å². The van der Waals surface area contributed by atoms with E-state index < -0.39 is 9.84 Å². The van der Waals surface area contributed by atoms with E-state index in [1.807, 2.05) is 44.1 Å². The molecule has 0 bridgehead atoms. The third-order valence-electron chi connectivity index (χ3n) is 4.07. The van der Waals surface area contributed by atoms with Crippen molar-refractivity contribution in [3.05, 3.63) is 48.0 Å². The fourth-order valence-electron chi connectivity index (χ4n) is 2.48. The molecule has 2 aromatic carbocycles. The lowest BCUT2D eigenvalue weighted by molar-refractivity contribution is -0.116. The average Bonchev–Trinajstić information content (AvgIpc) is 2.60. The molecule has 0 aliphatic heterocycles. The monoisotopic (exact) mass is 390 g/mol. The predicted octanol–water partition coefficient (Wildman–Crippen LogP) is 3.26. The Balaban J connectivity index is 1.78. The Morgan fingerprint density at radius 1 is 1.11 bits per heavy atom. The van der Waals surface area contributed by atoms with Gasteiger partial charge < -0.3 is 15.0 Å². The second kappa shape index (κ2) is 8.90. The average molecular weight is 391 g/mol. The van der Waals surface area contributed by atoms with Crippen LogP contribution in [0.15, 0.2) is 47.4 Å². The van der Waals surface area contributed by atoms with Crippen LogP contribution in [0.3, 0.4) is 0 Å². The number of nitrogens with zero attached hydrogens (tertiary/aromatic N) is 1. The van der Waals surface area contributed by atoms with Gasteiger partial charge in [-0.25, -0.2) is 8.42 Å². The van der Waals surface area contributed by atoms with Crippen LogP contribution in [0, 0.1) is 6.92 Å². The fourth-order valence-corrected chi connectivity index (χ4v) is 3.12. The molecule has 0 radical (unpaired) electrons. The van der Waals surface area contributed by atoms with Gasteiger partial charge in [0.15, 0.2) is 9.84 Å². The molecule has 2 rings (SSSR count). The summed E-state index contributed by atoms with van der Waals surface area (Å²) in [6, 6.07) is 12.2. The maximum Gasteiger partial charge on any atom is 0.224 e. The summed E-state index contributed by atoms with van der Waals surface area (Å²) in [7, 11) is 0.740. The van der Waals surface area contributed by atoms with Gasteiger partial charge in [0.25, 0.3) is 0 Å². The molecule has 1 amide bonds. The summed E-state index contributed by atoms with van der Waals surface area (Å²) in [6.07, 6.45) is 2.07. The minimum absolute atomic E-state index is 0.0632. The van der Waals surface area contributed by atoms with E-state index in [9.17, 15) is 13.2 Å². The van der Waals surface area contributed by atoms with Gasteiger partial charge >= 0.3 is 0 Å². The quantitative estimate of drug-likeness (QED) is 0.700. The second-order valence-corrected chi connectivity index (χ2v) is 8.65. The third kappa shape index (κ3) is 6.29. The van der Waals surface area contributed by atoms with Gasteiger partial charge in [0, 0.05) is 38.1 Å². The maximum atomic E-state index is 12.1. The number of rotatable bonds is 8. The van der Waals surface area contributed by atoms with Crippen LogP contribution >= 0.6 is 0 Å². The van der Waals surface area contributed by atoms with E-state index in [1.165, 1.54) is 12.1 Å². The number of ether oxygens (including phenoxy) is 1. The molecule has 6 nitrogen and oxygen atoms in total. The van der Waals surface area contributed by atoms with Crippen LogP contribution in [0.4, 0.5) is 11.4 Å². The molecule has 2 aromatic rings. The van der Waals surface area contributed by atoms with Crippen molar-refractivity contribution >= 4 is 27.1 Å². The Hall–Kier alpha value is -2.54. The first-order valence-electron chi connectivity index (χ1n) is 8.67. The number of amides is 1. The van der Waals surface area contributed by atoms with Crippen LogP contribution in [-0.2, 0) is 14.6 Å². The molecule has 0 saturated carbocycles. The summed E-state index contributed by atoms with van der Waals surface area (Å²) < 4.78 is 28.4. The van der Waals surface area contributed by atoms with Crippen molar-refractivity contribution in [3.8, 4) is 5.75 Å². The summed E-state index contributed by atoms with van der Waals surface area (Å²) in [5.41, 5.74) is 2.90. The van der Waals surface area contributed by atoms with Gasteiger partial charge in [-0.05, 0) is 61.4 Å². The molecule has 0 aromatic heterocycles. The molecule has 0 aliphatic carbocycles. The summed E-state index contributed by atoms with van der Waals surface area (Å²) in [5, 5.41) is 2.92. The van der Waals surface area contributed by atoms with Gasteiger partial charge in [-0.2, -0.15) is 0 Å². The number of anilines is 2. The van der Waals surface area contributed by atoms with Crippen LogP contribution in [0.1, 0.15) is 18.4 Å². The normalized spacial score (nSPS) is 11.1. The lowest BCUT2D eigenvalue weighted by Gasteiger charge is -2.15. The molecule has 0 heterocycles. The van der Waals surface area contributed by atoms with Crippen molar-refractivity contribution in [2.75, 3.05) is 37.2 Å². The highest BCUT2D eigenvalue weighted by Gasteiger charge is 2.08. The number of hydrogen-bond donors (Lipinski definition) is 1. The summed E-state index contributed by atoms with van der Waals surface area (Å²) in [6.45, 7) is 2.34. The molecule has 0 saturated heterocycles. The highest BCUT2D eigenvalue weighted by molar-refractivity contribution is 7.90. The lowest BCUT2D eigenvalue weighted by Crippen LogP contribution is -2.14. The first-order chi connectivity index (χ1) is 12.7. The molecule has 0 aliphatic rings. The predicted molar refractivity (Wildman–Crippen MR) is 108 cm³/mol. The summed E-state index contributed by atoms with van der Waals surface area (Å²) >= 11 is 0. The van der Waals surface area contributed by atoms with Gasteiger partial charge in [-0.15, -0.1) is 0 Å². The molecule has 0 fully saturated rings. The van der Waals surface area contributed by atoms with E-state index in [1.54, 1.807) is 12.1 Å². The van der Waals surface area contributed by atoms with Crippen molar-refractivity contribution in [1.82, 2.24) is 0 Å². The zero-order chi connectivity index (χ0) is 20.0. The molecule has 1 N–H and O–H groups in total. The highest BCUT2D eigenvalue weighted by atomic mass is 32.2. The van der Waals surface area contributed by atoms with E-state index >= 15 is 0 Å². The zero-order valence-corrected chi connectivity index (χ0v) is 17.0. The van der Waals surface area contributed by atoms with Gasteiger partial charge in [0.05, 0.1) is 11.5 Å². The van der Waals surface area contributed by atoms with Gasteiger partial charge in [-0.3, -0.25) is 4.79 Å². The number of carbonyl (C=O) groups is 1. The van der Waals surface area contributed by atoms with Crippen molar-refractivity contribution in [2.24, 2.45) is 0 Å². The molecule has 0 atom stereocenters. The standard InChI is InChI=1S/C20H26N2O4S/c1-15-14-16(22(2)3)7-12-19(15)21-20(23)6-5-13-26-17-8-10-18(11-9-17)27(4,24)25/h7-12,14H,5-6,13H2,1-4H3,(H,21,23). The highest BCUT2D eigenvalue weighted by Crippen LogP contribution is 2.21. The minimum atomic E-state index is -3.21. The van der Waals surface area contributed by atoms with E-state index in [0.717, 1.165) is 23.2 Å². The van der Waals surface area contributed by atoms with Crippen molar-refractivity contribution in [2.45, 2.75) is 24.7 Å². The summed E-state index contributed by atoms with van der Waals surface area (Å²) in [4.78, 5) is 14.4. The third-order valence-corrected chi connectivity index (χ3v) is 5.20. The fraction of sp³-hybridized carbons (Fsp3) is 0.350. The van der Waals surface area contributed by atoms with E-state index in [4.69, 9.17) is 4.74 Å². The molecular weight excluding hydrogens is 364 g/mol. The Labute approximate surface area is 161 Å². The number of carbonyl (C=O) groups excluding carboxylic acids is 1. The van der Waals surface area contributed by atoms with Crippen LogP contribution in [0.2, 0.25) is 0 Å². The summed E-state index contributed by atoms with van der Waals surface area (Å²) in [5.74, 6) is 0.518. The molecule has 146 valence electrons. The SMILES string of the molecule is Cc1cc(N(C)C)ccc1NC(=O)CCCOc1ccc(S(C)(=O)=O)cc1. The largest absolute Gasteiger partial charge is 0.494 e. The Kier molecular flexibility index (Phi) is 6.85. The Morgan fingerprint density at radius 3 is 2.33 bits per heavy atom. The Bertz CT molecular complexity index is 891. The Morgan fingerprint density at radius 2 is 1.78 bits per heavy atom. The van der Waals surface area contributed by atoms with Crippen LogP contribution in [-0.4, -0.2) is 41.3 Å². The maximum absolute atomic E-state index is 12.1. The number of nitrogens with one attached hydrogen (secondary N) is 1. The zero-order valence-electron chi connectivity index (χ0n) is 16.2. The topological polar surface area (TPSA) is 75.7 Å². The number of hydrogen-bond acceptors (Lipinski definition) is 5. The number of benzene rings is 2. The first-order valence-corrected chi connectivity index (χ1v) is 10.6. The van der Waals surface area contributed by atoms with E-state index in [0.29, 0.717) is 25.2 Å². The van der Waals surface area contributed by atoms with Crippen LogP contribution in [0.5, 0.6) is 5.75 Å². The first kappa shape index (κ1) is 20.8. The molecule has 0 spiro atoms. The number of aryl methyl sites for hydroxylation is 1. The number of sulfone groups is 1. The molecular formula is C20H26N2O4S.